The molecule has 6 nitrogen and oxygen atoms in total. The molecule has 0 aliphatic carbocycles. The molecule has 3 rings (SSSR count). The standard InChI is InChI=1S/C16H11N3O3/c20-16-14(10-11-4-2-1-3-5-11)17-15(18-16)12-6-8-13(9-7-12)19(21)22/h1-10H,(H,17,18,20)/b14-10-. The molecule has 1 heterocycles. The van der Waals surface area contributed by atoms with Crippen LogP contribution in [0.15, 0.2) is 65.3 Å². The van der Waals surface area contributed by atoms with E-state index in [9.17, 15) is 14.9 Å². The molecule has 0 aromatic heterocycles. The zero-order valence-corrected chi connectivity index (χ0v) is 11.4. The third kappa shape index (κ3) is 2.76. The number of carbonyl (C=O) groups excluding carboxylic acids is 1. The van der Waals surface area contributed by atoms with Gasteiger partial charge < -0.3 is 5.32 Å². The lowest BCUT2D eigenvalue weighted by Crippen LogP contribution is -2.24. The average molecular weight is 293 g/mol. The Morgan fingerprint density at radius 2 is 1.73 bits per heavy atom. The van der Waals surface area contributed by atoms with Crippen molar-refractivity contribution in [3.63, 3.8) is 0 Å². The highest BCUT2D eigenvalue weighted by atomic mass is 16.6. The molecule has 0 bridgehead atoms. The summed E-state index contributed by atoms with van der Waals surface area (Å²) >= 11 is 0. The summed E-state index contributed by atoms with van der Waals surface area (Å²) in [4.78, 5) is 26.4. The van der Waals surface area contributed by atoms with E-state index in [0.29, 0.717) is 17.1 Å². The van der Waals surface area contributed by atoms with Crippen LogP contribution in [-0.4, -0.2) is 16.7 Å². The van der Waals surface area contributed by atoms with Crippen molar-refractivity contribution >= 4 is 23.5 Å². The SMILES string of the molecule is O=C1NC(c2ccc([N+](=O)[O-])cc2)=N/C1=C\c1ccccc1. The lowest BCUT2D eigenvalue weighted by Gasteiger charge is -1.99. The van der Waals surface area contributed by atoms with E-state index in [0.717, 1.165) is 5.56 Å². The molecule has 1 aliphatic heterocycles. The second-order valence-electron chi connectivity index (χ2n) is 4.66. The number of amides is 1. The second-order valence-corrected chi connectivity index (χ2v) is 4.66. The predicted molar refractivity (Wildman–Crippen MR) is 82.2 cm³/mol. The van der Waals surface area contributed by atoms with Gasteiger partial charge in [-0.05, 0) is 23.8 Å². The minimum atomic E-state index is -0.473. The maximum atomic E-state index is 11.9. The number of nitrogens with zero attached hydrogens (tertiary/aromatic N) is 2. The van der Waals surface area contributed by atoms with E-state index in [1.165, 1.54) is 12.1 Å². The zero-order valence-electron chi connectivity index (χ0n) is 11.4. The number of hydrogen-bond acceptors (Lipinski definition) is 4. The molecule has 2 aromatic rings. The van der Waals surface area contributed by atoms with Crippen LogP contribution in [0.4, 0.5) is 5.69 Å². The molecule has 0 fully saturated rings. The zero-order chi connectivity index (χ0) is 15.5. The Bertz CT molecular complexity index is 793. The molecule has 22 heavy (non-hydrogen) atoms. The molecule has 0 saturated carbocycles. The Hall–Kier alpha value is -3.28. The number of hydrogen-bond donors (Lipinski definition) is 1. The summed E-state index contributed by atoms with van der Waals surface area (Å²) in [6, 6.07) is 15.3. The van der Waals surface area contributed by atoms with E-state index >= 15 is 0 Å². The largest absolute Gasteiger partial charge is 0.305 e. The van der Waals surface area contributed by atoms with Crippen LogP contribution in [0.3, 0.4) is 0 Å². The molecule has 1 amide bonds. The number of aliphatic imine (C=N–C) groups is 1. The van der Waals surface area contributed by atoms with Gasteiger partial charge in [0.05, 0.1) is 4.92 Å². The van der Waals surface area contributed by atoms with Crippen molar-refractivity contribution in [3.8, 4) is 0 Å². The summed E-state index contributed by atoms with van der Waals surface area (Å²) in [5.74, 6) is 0.0966. The van der Waals surface area contributed by atoms with Crippen LogP contribution in [0.1, 0.15) is 11.1 Å². The molecule has 108 valence electrons. The maximum absolute atomic E-state index is 11.9. The van der Waals surface area contributed by atoms with Crippen LogP contribution in [0, 0.1) is 10.1 Å². The number of nitrogens with one attached hydrogen (secondary N) is 1. The molecule has 1 N–H and O–H groups in total. The molecule has 0 radical (unpaired) electrons. The molecule has 0 saturated heterocycles. The second kappa shape index (κ2) is 5.61. The molecule has 0 unspecified atom stereocenters. The summed E-state index contributed by atoms with van der Waals surface area (Å²) in [5, 5.41) is 13.3. The minimum Gasteiger partial charge on any atom is -0.305 e. The van der Waals surface area contributed by atoms with Gasteiger partial charge >= 0.3 is 0 Å². The van der Waals surface area contributed by atoms with E-state index in [-0.39, 0.29) is 11.6 Å². The van der Waals surface area contributed by atoms with Crippen molar-refractivity contribution in [1.29, 1.82) is 0 Å². The molecule has 1 aliphatic rings. The molecule has 6 heteroatoms. The number of nitro groups is 1. The maximum Gasteiger partial charge on any atom is 0.275 e. The van der Waals surface area contributed by atoms with Gasteiger partial charge in [0.2, 0.25) is 0 Å². The fourth-order valence-electron chi connectivity index (χ4n) is 2.05. The predicted octanol–water partition coefficient (Wildman–Crippen LogP) is 2.51. The number of non-ortho nitro benzene ring substituents is 1. The molecular formula is C16H11N3O3. The van der Waals surface area contributed by atoms with Crippen molar-refractivity contribution in [3.05, 3.63) is 81.5 Å². The summed E-state index contributed by atoms with van der Waals surface area (Å²) in [7, 11) is 0. The van der Waals surface area contributed by atoms with E-state index in [1.54, 1.807) is 18.2 Å². The number of carbonyl (C=O) groups is 1. The van der Waals surface area contributed by atoms with E-state index < -0.39 is 4.92 Å². The molecule has 0 spiro atoms. The number of benzene rings is 2. The van der Waals surface area contributed by atoms with Gasteiger partial charge in [-0.2, -0.15) is 0 Å². The van der Waals surface area contributed by atoms with Crippen molar-refractivity contribution < 1.29 is 9.72 Å². The van der Waals surface area contributed by atoms with E-state index in [2.05, 4.69) is 10.3 Å². The topological polar surface area (TPSA) is 84.6 Å². The van der Waals surface area contributed by atoms with Gasteiger partial charge in [-0.1, -0.05) is 30.3 Å². The third-order valence-corrected chi connectivity index (χ3v) is 3.15. The molecule has 0 atom stereocenters. The number of nitro benzene ring substituents is 1. The Labute approximate surface area is 126 Å². The van der Waals surface area contributed by atoms with Gasteiger partial charge in [0.25, 0.3) is 11.6 Å². The first-order valence-corrected chi connectivity index (χ1v) is 6.55. The fourth-order valence-corrected chi connectivity index (χ4v) is 2.05. The summed E-state index contributed by atoms with van der Waals surface area (Å²) in [6.07, 6.45) is 1.69. The summed E-state index contributed by atoms with van der Waals surface area (Å²) < 4.78 is 0. The highest BCUT2D eigenvalue weighted by molar-refractivity contribution is 6.19. The Kier molecular flexibility index (Phi) is 3.49. The first-order chi connectivity index (χ1) is 10.6. The first kappa shape index (κ1) is 13.7. The van der Waals surface area contributed by atoms with Crippen LogP contribution in [-0.2, 0) is 4.79 Å². The highest BCUT2D eigenvalue weighted by Gasteiger charge is 2.21. The van der Waals surface area contributed by atoms with Crippen LogP contribution in [0.25, 0.3) is 6.08 Å². The van der Waals surface area contributed by atoms with Gasteiger partial charge in [0, 0.05) is 17.7 Å². The fraction of sp³-hybridized carbons (Fsp3) is 0. The van der Waals surface area contributed by atoms with Gasteiger partial charge in [-0.3, -0.25) is 14.9 Å². The van der Waals surface area contributed by atoms with Crippen LogP contribution in [0.2, 0.25) is 0 Å². The summed E-state index contributed by atoms with van der Waals surface area (Å²) in [6.45, 7) is 0. The van der Waals surface area contributed by atoms with Crippen molar-refractivity contribution in [2.24, 2.45) is 4.99 Å². The van der Waals surface area contributed by atoms with Crippen molar-refractivity contribution in [1.82, 2.24) is 5.32 Å². The van der Waals surface area contributed by atoms with E-state index in [1.807, 2.05) is 30.3 Å². The minimum absolute atomic E-state index is 0.00581. The monoisotopic (exact) mass is 293 g/mol. The van der Waals surface area contributed by atoms with Gasteiger partial charge in [0.15, 0.2) is 0 Å². The molecule has 2 aromatic carbocycles. The highest BCUT2D eigenvalue weighted by Crippen LogP contribution is 2.17. The third-order valence-electron chi connectivity index (χ3n) is 3.15. The first-order valence-electron chi connectivity index (χ1n) is 6.55. The van der Waals surface area contributed by atoms with Crippen molar-refractivity contribution in [2.45, 2.75) is 0 Å². The molecular weight excluding hydrogens is 282 g/mol. The summed E-state index contributed by atoms with van der Waals surface area (Å²) in [5.41, 5.74) is 1.80. The quantitative estimate of drug-likeness (QED) is 0.536. The Balaban J connectivity index is 1.90. The average Bonchev–Trinajstić information content (AvgIpc) is 2.89. The lowest BCUT2D eigenvalue weighted by atomic mass is 10.2. The normalized spacial score (nSPS) is 15.5. The lowest BCUT2D eigenvalue weighted by molar-refractivity contribution is -0.384. The van der Waals surface area contributed by atoms with Crippen LogP contribution in [0.5, 0.6) is 0 Å². The van der Waals surface area contributed by atoms with Crippen LogP contribution < -0.4 is 5.32 Å². The number of rotatable bonds is 3. The van der Waals surface area contributed by atoms with Crippen LogP contribution >= 0.6 is 0 Å². The van der Waals surface area contributed by atoms with E-state index in [4.69, 9.17) is 0 Å². The Morgan fingerprint density at radius 1 is 1.05 bits per heavy atom. The smallest absolute Gasteiger partial charge is 0.275 e. The van der Waals surface area contributed by atoms with Crippen molar-refractivity contribution in [2.75, 3.05) is 0 Å². The van der Waals surface area contributed by atoms with Gasteiger partial charge in [-0.15, -0.1) is 0 Å². The van der Waals surface area contributed by atoms with Gasteiger partial charge in [0.1, 0.15) is 11.5 Å². The Morgan fingerprint density at radius 3 is 2.36 bits per heavy atom. The number of amidine groups is 1. The van der Waals surface area contributed by atoms with Gasteiger partial charge in [-0.25, -0.2) is 4.99 Å².